The standard InChI is InChI=1S/C25H35N3O4S/c1-17(2)16-20-6-8-21(9-7-20)25(18(3)4)28-24(30)14-15-26-33(31,32)23-12-10-22(11-13-23)27-19(5)29/h6-13,17-18,25-26H,14-16H2,1-5H3,(H,27,29)(H,28,30)/t25-/m1/s1. The molecule has 180 valence electrons. The van der Waals surface area contributed by atoms with Crippen molar-refractivity contribution >= 4 is 27.5 Å². The number of carbonyl (C=O) groups excluding carboxylic acids is 2. The van der Waals surface area contributed by atoms with E-state index in [-0.39, 0.29) is 41.6 Å². The summed E-state index contributed by atoms with van der Waals surface area (Å²) in [5.74, 6) is 0.309. The summed E-state index contributed by atoms with van der Waals surface area (Å²) in [6, 6.07) is 14.0. The first-order chi connectivity index (χ1) is 15.5. The summed E-state index contributed by atoms with van der Waals surface area (Å²) in [6.07, 6.45) is 1.03. The van der Waals surface area contributed by atoms with Gasteiger partial charge in [-0.25, -0.2) is 13.1 Å². The van der Waals surface area contributed by atoms with Crippen molar-refractivity contribution in [3.63, 3.8) is 0 Å². The molecule has 0 saturated carbocycles. The average molecular weight is 474 g/mol. The molecule has 0 unspecified atom stereocenters. The van der Waals surface area contributed by atoms with Crippen molar-refractivity contribution in [1.29, 1.82) is 0 Å². The normalized spacial score (nSPS) is 12.6. The van der Waals surface area contributed by atoms with Crippen molar-refractivity contribution < 1.29 is 18.0 Å². The van der Waals surface area contributed by atoms with Gasteiger partial charge in [-0.05, 0) is 53.6 Å². The third-order valence-corrected chi connectivity index (χ3v) is 6.57. The monoisotopic (exact) mass is 473 g/mol. The Labute approximate surface area is 197 Å². The molecule has 2 amide bonds. The van der Waals surface area contributed by atoms with Crippen LogP contribution in [0.2, 0.25) is 0 Å². The van der Waals surface area contributed by atoms with Gasteiger partial charge in [0, 0.05) is 25.6 Å². The van der Waals surface area contributed by atoms with Crippen LogP contribution >= 0.6 is 0 Å². The maximum absolute atomic E-state index is 12.5. The van der Waals surface area contributed by atoms with E-state index >= 15 is 0 Å². The predicted molar refractivity (Wildman–Crippen MR) is 131 cm³/mol. The zero-order valence-corrected chi connectivity index (χ0v) is 20.8. The van der Waals surface area contributed by atoms with E-state index in [4.69, 9.17) is 0 Å². The van der Waals surface area contributed by atoms with Gasteiger partial charge in [-0.15, -0.1) is 0 Å². The summed E-state index contributed by atoms with van der Waals surface area (Å²) in [4.78, 5) is 23.7. The number of hydrogen-bond donors (Lipinski definition) is 3. The number of rotatable bonds is 11. The first-order valence-corrected chi connectivity index (χ1v) is 12.7. The van der Waals surface area contributed by atoms with Crippen LogP contribution in [-0.4, -0.2) is 26.8 Å². The number of benzene rings is 2. The molecule has 1 atom stereocenters. The fourth-order valence-corrected chi connectivity index (χ4v) is 4.55. The van der Waals surface area contributed by atoms with Gasteiger partial charge in [-0.1, -0.05) is 52.0 Å². The van der Waals surface area contributed by atoms with Gasteiger partial charge in [0.05, 0.1) is 10.9 Å². The molecule has 2 aromatic rings. The number of hydrogen-bond acceptors (Lipinski definition) is 4. The Hall–Kier alpha value is -2.71. The minimum atomic E-state index is -3.76. The molecule has 0 radical (unpaired) electrons. The van der Waals surface area contributed by atoms with Gasteiger partial charge in [0.25, 0.3) is 0 Å². The van der Waals surface area contributed by atoms with Crippen LogP contribution in [0, 0.1) is 11.8 Å². The lowest BCUT2D eigenvalue weighted by molar-refractivity contribution is -0.122. The SMILES string of the molecule is CC(=O)Nc1ccc(S(=O)(=O)NCCC(=O)N[C@@H](c2ccc(CC(C)C)cc2)C(C)C)cc1. The quantitative estimate of drug-likeness (QED) is 0.458. The summed E-state index contributed by atoms with van der Waals surface area (Å²) < 4.78 is 27.4. The highest BCUT2D eigenvalue weighted by Gasteiger charge is 2.19. The average Bonchev–Trinajstić information content (AvgIpc) is 2.72. The van der Waals surface area contributed by atoms with Crippen molar-refractivity contribution in [3.8, 4) is 0 Å². The maximum Gasteiger partial charge on any atom is 0.240 e. The summed E-state index contributed by atoms with van der Waals surface area (Å²) in [6.45, 7) is 9.81. The molecule has 0 heterocycles. The molecule has 8 heteroatoms. The number of nitrogens with one attached hydrogen (secondary N) is 3. The maximum atomic E-state index is 12.5. The molecular weight excluding hydrogens is 438 g/mol. The van der Waals surface area contributed by atoms with Crippen molar-refractivity contribution in [1.82, 2.24) is 10.0 Å². The van der Waals surface area contributed by atoms with E-state index in [1.165, 1.54) is 36.8 Å². The van der Waals surface area contributed by atoms with Crippen molar-refractivity contribution in [2.75, 3.05) is 11.9 Å². The highest BCUT2D eigenvalue weighted by molar-refractivity contribution is 7.89. The molecule has 0 spiro atoms. The largest absolute Gasteiger partial charge is 0.349 e. The molecular formula is C25H35N3O4S. The molecule has 0 saturated heterocycles. The molecule has 2 rings (SSSR count). The molecule has 7 nitrogen and oxygen atoms in total. The number of amides is 2. The zero-order valence-electron chi connectivity index (χ0n) is 20.0. The summed E-state index contributed by atoms with van der Waals surface area (Å²) in [5.41, 5.74) is 2.81. The zero-order chi connectivity index (χ0) is 24.6. The van der Waals surface area contributed by atoms with Gasteiger partial charge in [0.2, 0.25) is 21.8 Å². The molecule has 0 fully saturated rings. The molecule has 0 aliphatic heterocycles. The number of anilines is 1. The topological polar surface area (TPSA) is 104 Å². The van der Waals surface area contributed by atoms with E-state index in [1.54, 1.807) is 0 Å². The Morgan fingerprint density at radius 3 is 2.03 bits per heavy atom. The molecule has 33 heavy (non-hydrogen) atoms. The summed E-state index contributed by atoms with van der Waals surface area (Å²) in [5, 5.41) is 5.62. The lowest BCUT2D eigenvalue weighted by Gasteiger charge is -2.23. The van der Waals surface area contributed by atoms with Gasteiger partial charge in [-0.2, -0.15) is 0 Å². The van der Waals surface area contributed by atoms with E-state index in [0.29, 0.717) is 11.6 Å². The number of sulfonamides is 1. The van der Waals surface area contributed by atoms with Crippen LogP contribution < -0.4 is 15.4 Å². The summed E-state index contributed by atoms with van der Waals surface area (Å²) >= 11 is 0. The van der Waals surface area contributed by atoms with E-state index in [1.807, 2.05) is 13.8 Å². The van der Waals surface area contributed by atoms with Crippen LogP contribution in [0.15, 0.2) is 53.4 Å². The van der Waals surface area contributed by atoms with E-state index in [0.717, 1.165) is 12.0 Å². The van der Waals surface area contributed by atoms with Crippen LogP contribution in [0.4, 0.5) is 5.69 Å². The fraction of sp³-hybridized carbons (Fsp3) is 0.440. The Morgan fingerprint density at radius 2 is 1.52 bits per heavy atom. The van der Waals surface area contributed by atoms with Crippen molar-refractivity contribution in [2.45, 2.75) is 58.4 Å². The van der Waals surface area contributed by atoms with Gasteiger partial charge in [-0.3, -0.25) is 9.59 Å². The second-order valence-electron chi connectivity index (χ2n) is 8.98. The van der Waals surface area contributed by atoms with Gasteiger partial charge >= 0.3 is 0 Å². The third-order valence-electron chi connectivity index (χ3n) is 5.10. The van der Waals surface area contributed by atoms with Crippen LogP contribution in [0.1, 0.15) is 58.2 Å². The lowest BCUT2D eigenvalue weighted by Crippen LogP contribution is -2.34. The van der Waals surface area contributed by atoms with Gasteiger partial charge < -0.3 is 10.6 Å². The molecule has 3 N–H and O–H groups in total. The Balaban J connectivity index is 1.92. The lowest BCUT2D eigenvalue weighted by atomic mass is 9.93. The molecule has 2 aromatic carbocycles. The molecule has 0 bridgehead atoms. The van der Waals surface area contributed by atoms with E-state index < -0.39 is 10.0 Å². The Morgan fingerprint density at radius 1 is 0.909 bits per heavy atom. The van der Waals surface area contributed by atoms with Crippen molar-refractivity contribution in [3.05, 3.63) is 59.7 Å². The molecule has 0 aromatic heterocycles. The molecule has 0 aliphatic carbocycles. The van der Waals surface area contributed by atoms with Crippen LogP contribution in [0.3, 0.4) is 0 Å². The minimum absolute atomic E-state index is 0.0141. The van der Waals surface area contributed by atoms with Crippen LogP contribution in [-0.2, 0) is 26.0 Å². The smallest absolute Gasteiger partial charge is 0.240 e. The Kier molecular flexibility index (Phi) is 9.61. The van der Waals surface area contributed by atoms with E-state index in [9.17, 15) is 18.0 Å². The first-order valence-electron chi connectivity index (χ1n) is 11.2. The van der Waals surface area contributed by atoms with Crippen molar-refractivity contribution in [2.24, 2.45) is 11.8 Å². The minimum Gasteiger partial charge on any atom is -0.349 e. The fourth-order valence-electron chi connectivity index (χ4n) is 3.52. The third kappa shape index (κ3) is 8.63. The van der Waals surface area contributed by atoms with Crippen LogP contribution in [0.5, 0.6) is 0 Å². The van der Waals surface area contributed by atoms with E-state index in [2.05, 4.69) is 53.5 Å². The highest BCUT2D eigenvalue weighted by atomic mass is 32.2. The highest BCUT2D eigenvalue weighted by Crippen LogP contribution is 2.23. The molecule has 0 aliphatic rings. The van der Waals surface area contributed by atoms with Crippen LogP contribution in [0.25, 0.3) is 0 Å². The predicted octanol–water partition coefficient (Wildman–Crippen LogP) is 4.03. The van der Waals surface area contributed by atoms with Gasteiger partial charge in [0.1, 0.15) is 0 Å². The first kappa shape index (κ1) is 26.5. The second-order valence-corrected chi connectivity index (χ2v) is 10.7. The summed E-state index contributed by atoms with van der Waals surface area (Å²) in [7, 11) is -3.76. The number of carbonyl (C=O) groups is 2. The van der Waals surface area contributed by atoms with Gasteiger partial charge in [0.15, 0.2) is 0 Å². The second kappa shape index (κ2) is 12.0. The Bertz CT molecular complexity index is 1030.